The molecular formula is C122H68N16. The second kappa shape index (κ2) is 32.5. The topological polar surface area (TPSA) is 127 Å². The van der Waals surface area contributed by atoms with Crippen LogP contribution in [0.2, 0.25) is 0 Å². The van der Waals surface area contributed by atoms with Crippen LogP contribution in [0.3, 0.4) is 0 Å². The van der Waals surface area contributed by atoms with Crippen LogP contribution >= 0.6 is 0 Å². The quantitative estimate of drug-likeness (QED) is 0.113. The number of nitriles is 1. The Hall–Kier alpha value is -20.1. The van der Waals surface area contributed by atoms with Crippen LogP contribution in [0.15, 0.2) is 413 Å². The molecule has 0 bridgehead atoms. The fraction of sp³-hybridized carbons (Fsp3) is 0. The van der Waals surface area contributed by atoms with E-state index in [1.807, 2.05) is 115 Å². The molecular weight excluding hydrogens is 1690 g/mol. The smallest absolute Gasteiger partial charge is 0.211 e. The first kappa shape index (κ1) is 80.0. The molecule has 138 heavy (non-hydrogen) atoms. The van der Waals surface area contributed by atoms with Crippen LogP contribution in [0.1, 0.15) is 5.56 Å². The Morgan fingerprint density at radius 2 is 0.507 bits per heavy atom. The Morgan fingerprint density at radius 1 is 0.203 bits per heavy atom. The molecule has 0 aliphatic rings. The minimum Gasteiger partial charge on any atom is -0.319 e. The Kier molecular flexibility index (Phi) is 18.8. The molecule has 0 saturated heterocycles. The van der Waals surface area contributed by atoms with Crippen molar-refractivity contribution in [1.82, 2.24) is 47.3 Å². The first-order valence-electron chi connectivity index (χ1n) is 45.0. The van der Waals surface area contributed by atoms with E-state index >= 15 is 0 Å². The number of nitrogens with zero attached hydrogens (tertiary/aromatic N) is 16. The van der Waals surface area contributed by atoms with Gasteiger partial charge in [0.25, 0.3) is 0 Å². The maximum atomic E-state index is 11.0. The summed E-state index contributed by atoms with van der Waals surface area (Å²) in [5, 5.41) is 24.8. The molecule has 16 heteroatoms. The van der Waals surface area contributed by atoms with E-state index in [0.29, 0.717) is 90.7 Å². The first-order chi connectivity index (χ1) is 68.2. The molecule has 0 N–H and O–H groups in total. The summed E-state index contributed by atoms with van der Waals surface area (Å²) in [6, 6.07) is 143. The second-order valence-corrected chi connectivity index (χ2v) is 34.1. The van der Waals surface area contributed by atoms with Gasteiger partial charge in [-0.3, -0.25) is 0 Å². The van der Waals surface area contributed by atoms with Crippen molar-refractivity contribution in [2.75, 3.05) is 0 Å². The largest absolute Gasteiger partial charge is 0.319 e. The zero-order chi connectivity index (χ0) is 92.3. The standard InChI is InChI=1S/2C61H34N8/c1-63-51-21-9-3-19-47(51)54-36-53(65-61(66-54)48-20-4-10-22-52(48)64-2)42-30-27-39(33-38(42)37-62)67-59-31-28-40(68-55-23-11-5-15-43(55)44-16-6-12-24-56(44)68)34-49(59)50-35-41(29-32-60(50)67)69-57-25-13-7-17-45(57)46-18-8-14-26-58(46)69;1-62-41-16-12-14-38(32-41)51-37-52(66-61(65-51)40-15-13-17-42(33-40)63-2)39-26-29-60(53(34-39)64-3)69-58-30-27-43(67-54-22-8-4-18-45(54)46-19-5-9-23-55(46)67)35-49(58)50-36-44(28-31-59(50)69)68-56-24-10-6-20-47(56)48-21-7-11-25-57(48)68/h3-36H;4-37H. The molecule has 26 aromatic rings. The highest BCUT2D eigenvalue weighted by Gasteiger charge is 2.27. The first-order valence-corrected chi connectivity index (χ1v) is 45.0. The molecule has 16 nitrogen and oxygen atoms in total. The number of fused-ring (bicyclic) bond motifs is 18. The molecule has 0 aliphatic heterocycles. The predicted octanol–water partition coefficient (Wildman–Crippen LogP) is 32.2. The van der Waals surface area contributed by atoms with Crippen LogP contribution in [0.4, 0.5) is 28.4 Å². The van der Waals surface area contributed by atoms with E-state index in [9.17, 15) is 5.26 Å². The van der Waals surface area contributed by atoms with Gasteiger partial charge in [-0.05, 0) is 187 Å². The molecule has 0 spiro atoms. The van der Waals surface area contributed by atoms with Crippen LogP contribution in [-0.4, -0.2) is 47.3 Å². The average molecular weight is 1760 g/mol. The zero-order valence-electron chi connectivity index (χ0n) is 73.4. The van der Waals surface area contributed by atoms with E-state index < -0.39 is 0 Å². The summed E-state index contributed by atoms with van der Waals surface area (Å²) in [6.45, 7) is 39.8. The molecule has 0 atom stereocenters. The van der Waals surface area contributed by atoms with Crippen molar-refractivity contribution < 1.29 is 0 Å². The zero-order valence-corrected chi connectivity index (χ0v) is 73.4. The average Bonchev–Trinajstić information content (AvgIpc) is 1.56. The maximum Gasteiger partial charge on any atom is 0.211 e. The SMILES string of the molecule is [C-]#[N+]c1cccc(-c2cc(-c3ccc(-n4c5ccc(-n6c7ccccc7c7ccccc76)cc5c5cc(-n6c7ccccc7c7ccccc76)ccc54)c([N+]#[C-])c3)nc(-c3cccc([N+]#[C-])c3)n2)c1.[C-]#[N+]c1ccccc1-c1cc(-c2ccc(-n3c4ccc(-n5c6ccccc6c6ccccc65)cc4c4cc(-n5c6ccccc6c6ccccc65)ccc43)cc2C#N)nc(-c2ccccc2[N+]#[C-])n1. The molecule has 0 amide bonds. The normalized spacial score (nSPS) is 11.4. The highest BCUT2D eigenvalue weighted by molar-refractivity contribution is 6.17. The van der Waals surface area contributed by atoms with Gasteiger partial charge in [0.2, 0.25) is 5.69 Å². The number of hydrogen-bond donors (Lipinski definition) is 0. The number of para-hydroxylation sites is 10. The summed E-state index contributed by atoms with van der Waals surface area (Å²) in [5.74, 6) is 0.775. The van der Waals surface area contributed by atoms with Crippen LogP contribution in [0.5, 0.6) is 0 Å². The van der Waals surface area contributed by atoms with Gasteiger partial charge in [-0.25, -0.2) is 44.2 Å². The predicted molar refractivity (Wildman–Crippen MR) is 559 cm³/mol. The van der Waals surface area contributed by atoms with E-state index in [-0.39, 0.29) is 0 Å². The Balaban J connectivity index is 0.000000146. The van der Waals surface area contributed by atoms with Crippen LogP contribution in [-0.2, 0) is 0 Å². The van der Waals surface area contributed by atoms with Crippen molar-refractivity contribution in [1.29, 1.82) is 5.26 Å². The van der Waals surface area contributed by atoms with Crippen molar-refractivity contribution >= 4 is 159 Å². The summed E-state index contributed by atoms with van der Waals surface area (Å²) >= 11 is 0. The molecule has 8 aromatic heterocycles. The maximum absolute atomic E-state index is 11.0. The lowest BCUT2D eigenvalue weighted by Crippen LogP contribution is -2.00. The number of aromatic nitrogens is 10. The monoisotopic (exact) mass is 1760 g/mol. The Bertz CT molecular complexity index is 9290. The molecule has 0 unspecified atom stereocenters. The number of benzene rings is 18. The van der Waals surface area contributed by atoms with Gasteiger partial charge in [0.1, 0.15) is 5.82 Å². The molecule has 0 aliphatic carbocycles. The van der Waals surface area contributed by atoms with Crippen molar-refractivity contribution in [3.63, 3.8) is 0 Å². The summed E-state index contributed by atoms with van der Waals surface area (Å²) < 4.78 is 13.9. The number of rotatable bonds is 12. The minimum atomic E-state index is 0.336. The van der Waals surface area contributed by atoms with Gasteiger partial charge in [-0.1, -0.05) is 237 Å². The van der Waals surface area contributed by atoms with Gasteiger partial charge in [0.15, 0.2) is 28.6 Å². The summed E-state index contributed by atoms with van der Waals surface area (Å²) in [5.41, 5.74) is 27.7. The minimum absolute atomic E-state index is 0.336. The van der Waals surface area contributed by atoms with Gasteiger partial charge in [-0.2, -0.15) is 5.26 Å². The highest BCUT2D eigenvalue weighted by atomic mass is 15.0. The van der Waals surface area contributed by atoms with Gasteiger partial charge in [0.05, 0.1) is 139 Å². The van der Waals surface area contributed by atoms with Gasteiger partial charge >= 0.3 is 0 Å². The Morgan fingerprint density at radius 3 is 0.899 bits per heavy atom. The van der Waals surface area contributed by atoms with Crippen molar-refractivity contribution in [3.05, 3.63) is 475 Å². The third kappa shape index (κ3) is 12.9. The molecule has 0 fully saturated rings. The third-order valence-electron chi connectivity index (χ3n) is 26.6. The molecule has 18 aromatic carbocycles. The van der Waals surface area contributed by atoms with E-state index in [1.54, 1.807) is 30.3 Å². The Labute approximate surface area is 789 Å². The highest BCUT2D eigenvalue weighted by Crippen LogP contribution is 2.47. The lowest BCUT2D eigenvalue weighted by atomic mass is 10.0. The second-order valence-electron chi connectivity index (χ2n) is 34.1. The van der Waals surface area contributed by atoms with Crippen molar-refractivity contribution in [3.8, 4) is 108 Å². The van der Waals surface area contributed by atoms with E-state index in [2.05, 4.69) is 325 Å². The lowest BCUT2D eigenvalue weighted by Gasteiger charge is -2.14. The van der Waals surface area contributed by atoms with Crippen molar-refractivity contribution in [2.45, 2.75) is 0 Å². The fourth-order valence-electron chi connectivity index (χ4n) is 20.6. The van der Waals surface area contributed by atoms with Crippen LogP contribution in [0.25, 0.3) is 257 Å². The van der Waals surface area contributed by atoms with Gasteiger partial charge in [-0.15, -0.1) is 0 Å². The van der Waals surface area contributed by atoms with E-state index in [0.717, 1.165) is 133 Å². The van der Waals surface area contributed by atoms with Gasteiger partial charge in [0, 0.05) is 115 Å². The van der Waals surface area contributed by atoms with Crippen LogP contribution < -0.4 is 0 Å². The number of hydrogen-bond acceptors (Lipinski definition) is 5. The third-order valence-corrected chi connectivity index (χ3v) is 26.6. The van der Waals surface area contributed by atoms with Crippen molar-refractivity contribution in [2.24, 2.45) is 0 Å². The molecule has 0 radical (unpaired) electrons. The molecule has 8 heterocycles. The lowest BCUT2D eigenvalue weighted by molar-refractivity contribution is 1.15. The van der Waals surface area contributed by atoms with Crippen LogP contribution in [0, 0.1) is 44.2 Å². The van der Waals surface area contributed by atoms with Gasteiger partial charge < -0.3 is 27.4 Å². The molecule has 26 rings (SSSR count). The molecule has 0 saturated carbocycles. The summed E-state index contributed by atoms with van der Waals surface area (Å²) in [6.07, 6.45) is 0. The molecule has 636 valence electrons. The van der Waals surface area contributed by atoms with E-state index in [1.165, 1.54) is 43.1 Å². The van der Waals surface area contributed by atoms with E-state index in [4.69, 9.17) is 52.8 Å². The fourth-order valence-corrected chi connectivity index (χ4v) is 20.6. The summed E-state index contributed by atoms with van der Waals surface area (Å²) in [4.78, 5) is 39.0. The summed E-state index contributed by atoms with van der Waals surface area (Å²) in [7, 11) is 0.